The Labute approximate surface area is 96.2 Å². The highest BCUT2D eigenvalue weighted by atomic mass is 35.7. The van der Waals surface area contributed by atoms with Crippen LogP contribution in [-0.2, 0) is 9.53 Å². The Morgan fingerprint density at radius 3 is 2.57 bits per heavy atom. The summed E-state index contributed by atoms with van der Waals surface area (Å²) >= 11 is 11.5. The molecule has 0 aliphatic rings. The molecule has 0 aromatic heterocycles. The Morgan fingerprint density at radius 1 is 1.57 bits per heavy atom. The summed E-state index contributed by atoms with van der Waals surface area (Å²) in [6, 6.07) is 0. The van der Waals surface area contributed by atoms with Crippen LogP contribution in [0.1, 0.15) is 26.7 Å². The molecule has 0 bridgehead atoms. The van der Waals surface area contributed by atoms with Crippen LogP contribution in [0.25, 0.3) is 0 Å². The molecule has 5 heteroatoms. The highest BCUT2D eigenvalue weighted by Gasteiger charge is 2.14. The number of halogens is 2. The van der Waals surface area contributed by atoms with Gasteiger partial charge in [-0.3, -0.25) is 0 Å². The lowest BCUT2D eigenvalue weighted by atomic mass is 10.2. The summed E-state index contributed by atoms with van der Waals surface area (Å²) < 4.78 is 4.92. The first-order valence-electron chi connectivity index (χ1n) is 4.45. The van der Waals surface area contributed by atoms with E-state index in [1.807, 2.05) is 6.92 Å². The van der Waals surface area contributed by atoms with Crippen molar-refractivity contribution in [1.82, 2.24) is 0 Å². The minimum absolute atomic E-state index is 0.326. The van der Waals surface area contributed by atoms with Gasteiger partial charge in [-0.25, -0.2) is 4.79 Å². The van der Waals surface area contributed by atoms with Gasteiger partial charge >= 0.3 is 5.97 Å². The second kappa shape index (κ2) is 7.32. The van der Waals surface area contributed by atoms with Crippen molar-refractivity contribution < 1.29 is 9.53 Å². The van der Waals surface area contributed by atoms with E-state index in [-0.39, 0.29) is 5.97 Å². The van der Waals surface area contributed by atoms with Gasteiger partial charge in [-0.15, -0.1) is 22.2 Å². The zero-order valence-electron chi connectivity index (χ0n) is 8.48. The Morgan fingerprint density at radius 2 is 2.14 bits per heavy atom. The van der Waals surface area contributed by atoms with Crippen LogP contribution in [0.15, 0.2) is 12.2 Å². The molecule has 0 saturated carbocycles. The number of esters is 1. The molecule has 0 amide bonds. The lowest BCUT2D eigenvalue weighted by Crippen LogP contribution is -2.08. The van der Waals surface area contributed by atoms with Crippen molar-refractivity contribution >= 4 is 35.5 Å². The third-order valence-electron chi connectivity index (χ3n) is 1.74. The van der Waals surface area contributed by atoms with Crippen LogP contribution in [0.5, 0.6) is 0 Å². The second-order valence-corrected chi connectivity index (χ2v) is 7.84. The van der Waals surface area contributed by atoms with Gasteiger partial charge in [0.05, 0.1) is 6.61 Å². The van der Waals surface area contributed by atoms with E-state index in [1.165, 1.54) is 0 Å². The van der Waals surface area contributed by atoms with Gasteiger partial charge in [-0.2, -0.15) is 0 Å². The van der Waals surface area contributed by atoms with Crippen LogP contribution in [0, 0.1) is 0 Å². The minimum Gasteiger partial charge on any atom is -0.462 e. The fourth-order valence-electron chi connectivity index (χ4n) is 0.787. The van der Waals surface area contributed by atoms with Crippen LogP contribution >= 0.6 is 22.2 Å². The van der Waals surface area contributed by atoms with Crippen LogP contribution in [0.3, 0.4) is 0 Å². The summed E-state index contributed by atoms with van der Waals surface area (Å²) in [6.45, 7) is 7.54. The maximum absolute atomic E-state index is 11.0. The molecule has 1 radical (unpaired) electrons. The van der Waals surface area contributed by atoms with Crippen molar-refractivity contribution in [2.75, 3.05) is 6.61 Å². The summed E-state index contributed by atoms with van der Waals surface area (Å²) in [6.07, 6.45) is 1.69. The Balaban J connectivity index is 3.47. The molecule has 0 saturated heterocycles. The van der Waals surface area contributed by atoms with Gasteiger partial charge in [0.15, 0.2) is 0 Å². The molecule has 81 valence electrons. The molecule has 0 rings (SSSR count). The maximum Gasteiger partial charge on any atom is 0.333 e. The summed E-state index contributed by atoms with van der Waals surface area (Å²) in [4.78, 5) is 11.0. The van der Waals surface area contributed by atoms with Crippen LogP contribution < -0.4 is 0 Å². The molecular formula is C9H15Cl2O2Si. The SMILES string of the molecule is C=C(C)C(=O)OCCCC(C)[Si](Cl)Cl. The molecule has 0 heterocycles. The van der Waals surface area contributed by atoms with E-state index in [0.717, 1.165) is 12.8 Å². The zero-order chi connectivity index (χ0) is 11.1. The molecule has 0 N–H and O–H groups in total. The van der Waals surface area contributed by atoms with Crippen LogP contribution in [-0.4, -0.2) is 20.0 Å². The summed E-state index contributed by atoms with van der Waals surface area (Å²) in [5.41, 5.74) is 0.754. The van der Waals surface area contributed by atoms with E-state index in [2.05, 4.69) is 6.58 Å². The first-order valence-corrected chi connectivity index (χ1v) is 8.05. The number of carbonyl (C=O) groups excluding carboxylic acids is 1. The summed E-state index contributed by atoms with van der Waals surface area (Å²) in [7, 11) is -1.24. The number of rotatable bonds is 6. The largest absolute Gasteiger partial charge is 0.462 e. The second-order valence-electron chi connectivity index (χ2n) is 3.25. The van der Waals surface area contributed by atoms with E-state index >= 15 is 0 Å². The first kappa shape index (κ1) is 14.0. The molecular weight excluding hydrogens is 239 g/mol. The Hall–Kier alpha value is 0.00688. The Bertz CT molecular complexity index is 207. The third-order valence-corrected chi connectivity index (χ3v) is 5.00. The smallest absolute Gasteiger partial charge is 0.333 e. The molecule has 1 unspecified atom stereocenters. The van der Waals surface area contributed by atoms with Gasteiger partial charge in [0, 0.05) is 5.57 Å². The molecule has 0 aromatic rings. The van der Waals surface area contributed by atoms with Crippen molar-refractivity contribution in [3.8, 4) is 0 Å². The molecule has 0 spiro atoms. The molecule has 14 heavy (non-hydrogen) atoms. The normalized spacial score (nSPS) is 12.6. The van der Waals surface area contributed by atoms with Gasteiger partial charge in [-0.1, -0.05) is 13.5 Å². The fraction of sp³-hybridized carbons (Fsp3) is 0.667. The van der Waals surface area contributed by atoms with Crippen molar-refractivity contribution in [1.29, 1.82) is 0 Å². The van der Waals surface area contributed by atoms with E-state index in [9.17, 15) is 4.79 Å². The minimum atomic E-state index is -1.24. The topological polar surface area (TPSA) is 26.3 Å². The van der Waals surface area contributed by atoms with Gasteiger partial charge in [0.2, 0.25) is 0 Å². The molecule has 0 aliphatic heterocycles. The Kier molecular flexibility index (Phi) is 7.32. The van der Waals surface area contributed by atoms with Crippen molar-refractivity contribution in [2.45, 2.75) is 32.2 Å². The highest BCUT2D eigenvalue weighted by Crippen LogP contribution is 2.21. The van der Waals surface area contributed by atoms with Gasteiger partial charge in [0.25, 0.3) is 7.42 Å². The highest BCUT2D eigenvalue weighted by molar-refractivity contribution is 7.34. The predicted octanol–water partition coefficient (Wildman–Crippen LogP) is 3.24. The molecule has 0 aliphatic carbocycles. The molecule has 0 aromatic carbocycles. The van der Waals surface area contributed by atoms with Crippen LogP contribution in [0.4, 0.5) is 0 Å². The van der Waals surface area contributed by atoms with Gasteiger partial charge in [0.1, 0.15) is 0 Å². The number of ether oxygens (including phenoxy) is 1. The first-order chi connectivity index (χ1) is 6.45. The van der Waals surface area contributed by atoms with E-state index in [0.29, 0.717) is 17.7 Å². The standard InChI is InChI=1S/C9H15Cl2O2Si/c1-7(2)9(12)13-6-4-5-8(3)14(10)11/h8H,1,4-6H2,2-3H3. The zero-order valence-corrected chi connectivity index (χ0v) is 11.0. The molecule has 0 fully saturated rings. The number of hydrogen-bond donors (Lipinski definition) is 0. The average Bonchev–Trinajstić information content (AvgIpc) is 2.11. The van der Waals surface area contributed by atoms with E-state index in [1.54, 1.807) is 6.92 Å². The van der Waals surface area contributed by atoms with Gasteiger partial charge in [-0.05, 0) is 25.3 Å². The maximum atomic E-state index is 11.0. The van der Waals surface area contributed by atoms with E-state index in [4.69, 9.17) is 26.9 Å². The third kappa shape index (κ3) is 6.46. The predicted molar refractivity (Wildman–Crippen MR) is 61.9 cm³/mol. The monoisotopic (exact) mass is 253 g/mol. The van der Waals surface area contributed by atoms with E-state index < -0.39 is 7.42 Å². The van der Waals surface area contributed by atoms with Gasteiger partial charge < -0.3 is 4.74 Å². The fourth-order valence-corrected chi connectivity index (χ4v) is 1.86. The number of carbonyl (C=O) groups is 1. The van der Waals surface area contributed by atoms with Crippen molar-refractivity contribution in [3.63, 3.8) is 0 Å². The molecule has 1 atom stereocenters. The quantitative estimate of drug-likeness (QED) is 0.239. The lowest BCUT2D eigenvalue weighted by Gasteiger charge is -2.09. The number of hydrogen-bond acceptors (Lipinski definition) is 2. The average molecular weight is 254 g/mol. The van der Waals surface area contributed by atoms with Crippen LogP contribution in [0.2, 0.25) is 5.54 Å². The molecule has 2 nitrogen and oxygen atoms in total. The van der Waals surface area contributed by atoms with Crippen molar-refractivity contribution in [2.24, 2.45) is 0 Å². The summed E-state index contributed by atoms with van der Waals surface area (Å²) in [5, 5.41) is 0. The van der Waals surface area contributed by atoms with Crippen molar-refractivity contribution in [3.05, 3.63) is 12.2 Å². The lowest BCUT2D eigenvalue weighted by molar-refractivity contribution is -0.139. The summed E-state index contributed by atoms with van der Waals surface area (Å²) in [5.74, 6) is -0.333.